The van der Waals surface area contributed by atoms with Gasteiger partial charge in [0.25, 0.3) is 5.91 Å². The fourth-order valence-corrected chi connectivity index (χ4v) is 3.72. The first-order valence-electron chi connectivity index (χ1n) is 11.1. The van der Waals surface area contributed by atoms with Gasteiger partial charge in [0.15, 0.2) is 0 Å². The third kappa shape index (κ3) is 6.69. The van der Waals surface area contributed by atoms with Gasteiger partial charge in [-0.3, -0.25) is 4.79 Å². The predicted molar refractivity (Wildman–Crippen MR) is 131 cm³/mol. The van der Waals surface area contributed by atoms with E-state index in [-0.39, 0.29) is 28.3 Å². The molecule has 0 aliphatic carbocycles. The fraction of sp³-hybridized carbons (Fsp3) is 0.296. The molecule has 3 rings (SSSR count). The van der Waals surface area contributed by atoms with E-state index in [2.05, 4.69) is 26.1 Å². The van der Waals surface area contributed by atoms with E-state index in [0.717, 1.165) is 17.7 Å². The zero-order valence-electron chi connectivity index (χ0n) is 19.9. The minimum Gasteiger partial charge on any atom is -0.493 e. The van der Waals surface area contributed by atoms with Crippen LogP contribution in [0, 0.1) is 0 Å². The number of para-hydroxylation sites is 1. The molecule has 0 atom stereocenters. The zero-order valence-corrected chi connectivity index (χ0v) is 20.7. The quantitative estimate of drug-likeness (QED) is 0.355. The lowest BCUT2D eigenvalue weighted by Gasteiger charge is -2.23. The van der Waals surface area contributed by atoms with Crippen LogP contribution in [0.15, 0.2) is 60.7 Å². The average Bonchev–Trinajstić information content (AvgIpc) is 2.78. The number of anilines is 1. The van der Waals surface area contributed by atoms with Crippen LogP contribution in [0.25, 0.3) is 0 Å². The molecule has 35 heavy (non-hydrogen) atoms. The van der Waals surface area contributed by atoms with E-state index in [1.165, 1.54) is 12.1 Å². The fourth-order valence-electron chi connectivity index (χ4n) is 3.55. The van der Waals surface area contributed by atoms with Gasteiger partial charge in [0.2, 0.25) is 0 Å². The maximum absolute atomic E-state index is 13.4. The molecule has 8 heteroatoms. The second kappa shape index (κ2) is 10.6. The van der Waals surface area contributed by atoms with Crippen LogP contribution in [0.5, 0.6) is 11.5 Å². The summed E-state index contributed by atoms with van der Waals surface area (Å²) in [6.45, 7) is 8.59. The van der Waals surface area contributed by atoms with Crippen molar-refractivity contribution < 1.29 is 27.4 Å². The lowest BCUT2D eigenvalue weighted by Crippen LogP contribution is -2.17. The minimum atomic E-state index is -4.67. The highest BCUT2D eigenvalue weighted by Crippen LogP contribution is 2.37. The van der Waals surface area contributed by atoms with Crippen molar-refractivity contribution in [3.8, 4) is 11.5 Å². The number of hydrogen-bond donors (Lipinski definition) is 1. The molecule has 0 heterocycles. The number of carbonyl (C=O) groups is 1. The van der Waals surface area contributed by atoms with Crippen molar-refractivity contribution in [3.63, 3.8) is 0 Å². The number of benzene rings is 3. The van der Waals surface area contributed by atoms with Crippen molar-refractivity contribution >= 4 is 23.2 Å². The predicted octanol–water partition coefficient (Wildman–Crippen LogP) is 7.89. The Morgan fingerprint density at radius 1 is 0.914 bits per heavy atom. The number of carbonyl (C=O) groups excluding carboxylic acids is 1. The summed E-state index contributed by atoms with van der Waals surface area (Å²) in [4.78, 5) is 12.9. The molecule has 0 spiro atoms. The van der Waals surface area contributed by atoms with Crippen molar-refractivity contribution in [2.75, 3.05) is 11.9 Å². The molecular formula is C27H27ClF3NO3. The molecule has 1 N–H and O–H groups in total. The third-order valence-corrected chi connectivity index (χ3v) is 5.47. The monoisotopic (exact) mass is 505 g/mol. The van der Waals surface area contributed by atoms with Gasteiger partial charge in [-0.2, -0.15) is 13.2 Å². The number of ether oxygens (including phenoxy) is 2. The number of hydrogen-bond acceptors (Lipinski definition) is 3. The molecule has 0 saturated heterocycles. The van der Waals surface area contributed by atoms with Gasteiger partial charge < -0.3 is 14.8 Å². The van der Waals surface area contributed by atoms with Crippen molar-refractivity contribution in [1.82, 2.24) is 0 Å². The van der Waals surface area contributed by atoms with Crippen molar-refractivity contribution in [3.05, 3.63) is 87.9 Å². The first kappa shape index (κ1) is 26.4. The Kier molecular flexibility index (Phi) is 8.00. The number of halogens is 4. The third-order valence-electron chi connectivity index (χ3n) is 5.24. The Hall–Kier alpha value is -3.19. The number of alkyl halides is 3. The molecule has 0 aromatic heterocycles. The maximum Gasteiger partial charge on any atom is 0.418 e. The van der Waals surface area contributed by atoms with Crippen LogP contribution >= 0.6 is 11.6 Å². The van der Waals surface area contributed by atoms with Crippen LogP contribution in [0.3, 0.4) is 0 Å². The Labute approximate surface area is 208 Å². The topological polar surface area (TPSA) is 47.6 Å². The molecule has 0 saturated carbocycles. The molecule has 0 fully saturated rings. The maximum atomic E-state index is 13.4. The largest absolute Gasteiger partial charge is 0.493 e. The van der Waals surface area contributed by atoms with Gasteiger partial charge in [-0.1, -0.05) is 50.6 Å². The summed E-state index contributed by atoms with van der Waals surface area (Å²) in [6, 6.07) is 15.5. The summed E-state index contributed by atoms with van der Waals surface area (Å²) in [5.74, 6) is 0.533. The van der Waals surface area contributed by atoms with E-state index in [9.17, 15) is 18.0 Å². The molecule has 0 bridgehead atoms. The van der Waals surface area contributed by atoms with E-state index >= 15 is 0 Å². The van der Waals surface area contributed by atoms with Crippen molar-refractivity contribution in [2.45, 2.75) is 45.9 Å². The van der Waals surface area contributed by atoms with Gasteiger partial charge in [-0.25, -0.2) is 0 Å². The van der Waals surface area contributed by atoms with E-state index < -0.39 is 17.6 Å². The normalized spacial score (nSPS) is 11.8. The minimum absolute atomic E-state index is 0.0774. The van der Waals surface area contributed by atoms with Gasteiger partial charge >= 0.3 is 6.18 Å². The highest BCUT2D eigenvalue weighted by atomic mass is 35.5. The van der Waals surface area contributed by atoms with Crippen molar-refractivity contribution in [2.24, 2.45) is 0 Å². The van der Waals surface area contributed by atoms with Gasteiger partial charge in [0.05, 0.1) is 17.9 Å². The van der Waals surface area contributed by atoms with Crippen molar-refractivity contribution in [1.29, 1.82) is 0 Å². The van der Waals surface area contributed by atoms with Gasteiger partial charge in [0.1, 0.15) is 18.1 Å². The molecule has 0 aliphatic heterocycles. The summed E-state index contributed by atoms with van der Waals surface area (Å²) in [7, 11) is 0. The summed E-state index contributed by atoms with van der Waals surface area (Å²) in [5.41, 5.74) is 0.240. The molecule has 186 valence electrons. The first-order chi connectivity index (χ1) is 16.4. The van der Waals surface area contributed by atoms with Crippen LogP contribution in [-0.2, 0) is 18.2 Å². The molecule has 1 amide bonds. The summed E-state index contributed by atoms with van der Waals surface area (Å²) < 4.78 is 52.0. The summed E-state index contributed by atoms with van der Waals surface area (Å²) >= 11 is 5.73. The molecule has 0 unspecified atom stereocenters. The van der Waals surface area contributed by atoms with E-state index in [0.29, 0.717) is 23.7 Å². The second-order valence-corrected chi connectivity index (χ2v) is 9.37. The van der Waals surface area contributed by atoms with Gasteiger partial charge in [-0.05, 0) is 60.4 Å². The number of rotatable bonds is 7. The van der Waals surface area contributed by atoms with E-state index in [1.807, 2.05) is 31.2 Å². The van der Waals surface area contributed by atoms with Crippen LogP contribution in [0.2, 0.25) is 5.02 Å². The Morgan fingerprint density at radius 2 is 1.63 bits per heavy atom. The molecule has 0 radical (unpaired) electrons. The van der Waals surface area contributed by atoms with Crippen LogP contribution in [0.1, 0.15) is 54.7 Å². The highest BCUT2D eigenvalue weighted by molar-refractivity contribution is 6.30. The Bertz CT molecular complexity index is 1200. The van der Waals surface area contributed by atoms with Crippen LogP contribution in [0.4, 0.5) is 18.9 Å². The van der Waals surface area contributed by atoms with Crippen LogP contribution in [-0.4, -0.2) is 12.5 Å². The molecule has 4 nitrogen and oxygen atoms in total. The second-order valence-electron chi connectivity index (χ2n) is 8.93. The average molecular weight is 506 g/mol. The lowest BCUT2D eigenvalue weighted by atomic mass is 9.86. The smallest absolute Gasteiger partial charge is 0.418 e. The van der Waals surface area contributed by atoms with E-state index in [4.69, 9.17) is 21.1 Å². The van der Waals surface area contributed by atoms with Crippen LogP contribution < -0.4 is 14.8 Å². The highest BCUT2D eigenvalue weighted by Gasteiger charge is 2.34. The molecule has 3 aromatic rings. The molecule has 0 aliphatic rings. The number of amides is 1. The Morgan fingerprint density at radius 3 is 2.29 bits per heavy atom. The molecular weight excluding hydrogens is 479 g/mol. The summed E-state index contributed by atoms with van der Waals surface area (Å²) in [5, 5.41) is 2.27. The lowest BCUT2D eigenvalue weighted by molar-refractivity contribution is -0.136. The SMILES string of the molecule is CCOc1ccc(C(=O)Nc2ccc(Cl)cc2C(F)(F)F)cc1COc1ccccc1C(C)(C)C. The summed E-state index contributed by atoms with van der Waals surface area (Å²) in [6.07, 6.45) is -4.67. The Balaban J connectivity index is 1.88. The van der Waals surface area contributed by atoms with Gasteiger partial charge in [0, 0.05) is 16.1 Å². The molecule has 3 aromatic carbocycles. The zero-order chi connectivity index (χ0) is 25.8. The number of nitrogens with one attached hydrogen (secondary N) is 1. The van der Waals surface area contributed by atoms with Gasteiger partial charge in [-0.15, -0.1) is 0 Å². The van der Waals surface area contributed by atoms with E-state index in [1.54, 1.807) is 12.1 Å². The first-order valence-corrected chi connectivity index (χ1v) is 11.4. The standard InChI is InChI=1S/C27H27ClF3NO3/c1-5-34-23-13-10-17(25(33)32-22-12-11-19(28)15-21(22)27(29,30)31)14-18(23)16-35-24-9-7-6-8-20(24)26(2,3)4/h6-15H,5,16H2,1-4H3,(H,32,33).